The average Bonchev–Trinajstić information content (AvgIpc) is 2.41. The molecule has 0 spiro atoms. The van der Waals surface area contributed by atoms with E-state index in [1.54, 1.807) is 13.8 Å². The molecule has 1 amide bonds. The van der Waals surface area contributed by atoms with Gasteiger partial charge in [0, 0.05) is 6.54 Å². The van der Waals surface area contributed by atoms with Crippen molar-refractivity contribution in [3.05, 3.63) is 23.5 Å². The van der Waals surface area contributed by atoms with Gasteiger partial charge in [-0.05, 0) is 38.5 Å². The van der Waals surface area contributed by atoms with Gasteiger partial charge in [0.1, 0.15) is 5.82 Å². The van der Waals surface area contributed by atoms with Gasteiger partial charge in [0.15, 0.2) is 0 Å². The molecule has 16 heavy (non-hydrogen) atoms. The first-order valence-electron chi connectivity index (χ1n) is 5.36. The molecule has 0 radical (unpaired) electrons. The van der Waals surface area contributed by atoms with Gasteiger partial charge in [-0.1, -0.05) is 0 Å². The highest BCUT2D eigenvalue weighted by molar-refractivity contribution is 6.08. The molecule has 0 bridgehead atoms. The van der Waals surface area contributed by atoms with Crippen LogP contribution in [0.5, 0.6) is 0 Å². The lowest BCUT2D eigenvalue weighted by molar-refractivity contribution is -0.119. The summed E-state index contributed by atoms with van der Waals surface area (Å²) in [6.07, 6.45) is 0. The monoisotopic (exact) mass is 222 g/mol. The Labute approximate surface area is 94.0 Å². The number of benzene rings is 1. The van der Waals surface area contributed by atoms with Gasteiger partial charge < -0.3 is 10.6 Å². The number of anilines is 2. The summed E-state index contributed by atoms with van der Waals surface area (Å²) in [5, 5.41) is 5.85. The number of rotatable bonds is 2. The van der Waals surface area contributed by atoms with Crippen molar-refractivity contribution in [3.8, 4) is 0 Å². The summed E-state index contributed by atoms with van der Waals surface area (Å²) in [5.74, 6) is -0.411. The van der Waals surface area contributed by atoms with Gasteiger partial charge in [-0.25, -0.2) is 4.39 Å². The summed E-state index contributed by atoms with van der Waals surface area (Å²) in [4.78, 5) is 11.8. The lowest BCUT2D eigenvalue weighted by Gasteiger charge is -2.15. The fourth-order valence-electron chi connectivity index (χ4n) is 1.96. The van der Waals surface area contributed by atoms with Crippen LogP contribution in [0.15, 0.2) is 12.1 Å². The summed E-state index contributed by atoms with van der Waals surface area (Å²) in [6, 6.07) is 2.83. The van der Waals surface area contributed by atoms with E-state index in [-0.39, 0.29) is 11.7 Å². The van der Waals surface area contributed by atoms with Crippen LogP contribution in [0.2, 0.25) is 0 Å². The van der Waals surface area contributed by atoms with Crippen molar-refractivity contribution in [3.63, 3.8) is 0 Å². The first kappa shape index (κ1) is 10.9. The Morgan fingerprint density at radius 1 is 1.44 bits per heavy atom. The Bertz CT molecular complexity index is 455. The van der Waals surface area contributed by atoms with Crippen LogP contribution >= 0.6 is 0 Å². The van der Waals surface area contributed by atoms with Crippen molar-refractivity contribution >= 4 is 17.3 Å². The second-order valence-electron chi connectivity index (χ2n) is 4.49. The molecular formula is C12H15FN2O. The topological polar surface area (TPSA) is 41.1 Å². The van der Waals surface area contributed by atoms with Crippen LogP contribution in [0, 0.1) is 5.82 Å². The smallest absolute Gasteiger partial charge is 0.234 e. The predicted molar refractivity (Wildman–Crippen MR) is 62.2 cm³/mol. The summed E-state index contributed by atoms with van der Waals surface area (Å²) >= 11 is 0. The van der Waals surface area contributed by atoms with Crippen molar-refractivity contribution in [1.29, 1.82) is 0 Å². The first-order chi connectivity index (χ1) is 7.46. The summed E-state index contributed by atoms with van der Waals surface area (Å²) in [7, 11) is 0. The molecule has 2 rings (SSSR count). The lowest BCUT2D eigenvalue weighted by Crippen LogP contribution is -2.26. The minimum absolute atomic E-state index is 0.0905. The van der Waals surface area contributed by atoms with Gasteiger partial charge in [0.25, 0.3) is 0 Å². The molecule has 2 N–H and O–H groups in total. The van der Waals surface area contributed by atoms with E-state index >= 15 is 0 Å². The van der Waals surface area contributed by atoms with Gasteiger partial charge in [-0.15, -0.1) is 0 Å². The Morgan fingerprint density at radius 3 is 2.75 bits per heavy atom. The molecule has 3 nitrogen and oxygen atoms in total. The molecule has 0 fully saturated rings. The maximum Gasteiger partial charge on any atom is 0.234 e. The fraction of sp³-hybridized carbons (Fsp3) is 0.417. The normalized spacial score (nSPS) is 16.9. The van der Waals surface area contributed by atoms with Gasteiger partial charge in [-0.2, -0.15) is 0 Å². The summed E-state index contributed by atoms with van der Waals surface area (Å²) < 4.78 is 13.4. The standard InChI is InChI=1S/C12H15FN2O/c1-4-14-9-6-7(13)5-8-10(9)15-11(16)12(8,2)3/h5-6,14H,4H2,1-3H3,(H,15,16). The van der Waals surface area contributed by atoms with Crippen LogP contribution in [-0.2, 0) is 10.2 Å². The quantitative estimate of drug-likeness (QED) is 0.807. The average molecular weight is 222 g/mol. The highest BCUT2D eigenvalue weighted by Crippen LogP contribution is 2.42. The zero-order chi connectivity index (χ0) is 11.9. The van der Waals surface area contributed by atoms with Gasteiger partial charge in [0.2, 0.25) is 5.91 Å². The highest BCUT2D eigenvalue weighted by atomic mass is 19.1. The maximum absolute atomic E-state index is 13.4. The molecule has 1 aromatic carbocycles. The maximum atomic E-state index is 13.4. The molecule has 0 unspecified atom stereocenters. The molecule has 1 aromatic rings. The predicted octanol–water partition coefficient (Wildman–Crippen LogP) is 2.49. The molecule has 0 saturated carbocycles. The van der Waals surface area contributed by atoms with E-state index in [0.29, 0.717) is 23.5 Å². The van der Waals surface area contributed by atoms with E-state index in [9.17, 15) is 9.18 Å². The number of hydrogen-bond donors (Lipinski definition) is 2. The molecular weight excluding hydrogens is 207 g/mol. The third-order valence-electron chi connectivity index (χ3n) is 2.95. The molecule has 4 heteroatoms. The minimum atomic E-state index is -0.665. The van der Waals surface area contributed by atoms with Crippen LogP contribution < -0.4 is 10.6 Å². The minimum Gasteiger partial charge on any atom is -0.384 e. The molecule has 1 aliphatic rings. The lowest BCUT2D eigenvalue weighted by atomic mass is 9.86. The number of fused-ring (bicyclic) bond motifs is 1. The van der Waals surface area contributed by atoms with Gasteiger partial charge in [-0.3, -0.25) is 4.79 Å². The van der Waals surface area contributed by atoms with Crippen LogP contribution in [0.3, 0.4) is 0 Å². The molecule has 0 saturated heterocycles. The fourth-order valence-corrected chi connectivity index (χ4v) is 1.96. The Morgan fingerprint density at radius 2 is 2.12 bits per heavy atom. The van der Waals surface area contributed by atoms with Crippen molar-refractivity contribution in [2.45, 2.75) is 26.2 Å². The molecule has 0 atom stereocenters. The van der Waals surface area contributed by atoms with E-state index < -0.39 is 5.41 Å². The van der Waals surface area contributed by atoms with Crippen LogP contribution in [-0.4, -0.2) is 12.5 Å². The van der Waals surface area contributed by atoms with Crippen LogP contribution in [0.4, 0.5) is 15.8 Å². The van der Waals surface area contributed by atoms with Gasteiger partial charge in [0.05, 0.1) is 16.8 Å². The van der Waals surface area contributed by atoms with E-state index in [4.69, 9.17) is 0 Å². The van der Waals surface area contributed by atoms with Crippen molar-refractivity contribution in [2.75, 3.05) is 17.2 Å². The number of carbonyl (C=O) groups is 1. The molecule has 1 aliphatic heterocycles. The molecule has 0 aliphatic carbocycles. The Kier molecular flexibility index (Phi) is 2.37. The molecule has 0 aromatic heterocycles. The number of nitrogens with one attached hydrogen (secondary N) is 2. The van der Waals surface area contributed by atoms with Crippen LogP contribution in [0.25, 0.3) is 0 Å². The van der Waals surface area contributed by atoms with E-state index in [1.807, 2.05) is 6.92 Å². The summed E-state index contributed by atoms with van der Waals surface area (Å²) in [5.41, 5.74) is 1.41. The third-order valence-corrected chi connectivity index (χ3v) is 2.95. The van der Waals surface area contributed by atoms with Crippen molar-refractivity contribution < 1.29 is 9.18 Å². The second-order valence-corrected chi connectivity index (χ2v) is 4.49. The Hall–Kier alpha value is -1.58. The molecule has 86 valence electrons. The van der Waals surface area contributed by atoms with Crippen molar-refractivity contribution in [1.82, 2.24) is 0 Å². The molecule has 1 heterocycles. The number of hydrogen-bond acceptors (Lipinski definition) is 2. The number of carbonyl (C=O) groups excluding carboxylic acids is 1. The van der Waals surface area contributed by atoms with Crippen LogP contribution in [0.1, 0.15) is 26.3 Å². The third kappa shape index (κ3) is 1.45. The van der Waals surface area contributed by atoms with Gasteiger partial charge >= 0.3 is 0 Å². The van der Waals surface area contributed by atoms with E-state index in [1.165, 1.54) is 12.1 Å². The van der Waals surface area contributed by atoms with Crippen molar-refractivity contribution in [2.24, 2.45) is 0 Å². The zero-order valence-electron chi connectivity index (χ0n) is 9.65. The number of amides is 1. The number of halogens is 1. The SMILES string of the molecule is CCNc1cc(F)cc2c1NC(=O)C2(C)C. The first-order valence-corrected chi connectivity index (χ1v) is 5.36. The van der Waals surface area contributed by atoms with E-state index in [0.717, 1.165) is 0 Å². The second kappa shape index (κ2) is 3.47. The zero-order valence-corrected chi connectivity index (χ0v) is 9.65. The summed E-state index contributed by atoms with van der Waals surface area (Å²) in [6.45, 7) is 6.21. The Balaban J connectivity index is 2.60. The van der Waals surface area contributed by atoms with E-state index in [2.05, 4.69) is 10.6 Å². The highest BCUT2D eigenvalue weighted by Gasteiger charge is 2.39. The largest absolute Gasteiger partial charge is 0.384 e.